The fourth-order valence-corrected chi connectivity index (χ4v) is 11.8. The van der Waals surface area contributed by atoms with Crippen LogP contribution in [0.3, 0.4) is 0 Å². The van der Waals surface area contributed by atoms with Gasteiger partial charge >= 0.3 is 284 Å². The molecule has 0 amide bonds. The fraction of sp³-hybridized carbons (Fsp3) is 0.128. The van der Waals surface area contributed by atoms with Crippen LogP contribution in [-0.4, -0.2) is 58.6 Å². The molecular formula is C39H35O9P. The summed E-state index contributed by atoms with van der Waals surface area (Å²) < 4.78 is 17.9. The van der Waals surface area contributed by atoms with E-state index >= 15 is 0 Å². The number of aliphatic hydroxyl groups excluding tert-OH is 1. The van der Waals surface area contributed by atoms with Crippen LogP contribution in [0.25, 0.3) is 0 Å². The van der Waals surface area contributed by atoms with E-state index in [2.05, 4.69) is 0 Å². The van der Waals surface area contributed by atoms with Gasteiger partial charge in [-0.3, -0.25) is 0 Å². The minimum atomic E-state index is -4.64. The average Bonchev–Trinajstić information content (AvgIpc) is 3.14. The summed E-state index contributed by atoms with van der Waals surface area (Å²) in [5.41, 5.74) is 0.0383. The van der Waals surface area contributed by atoms with Gasteiger partial charge in [-0.2, -0.15) is 0 Å². The summed E-state index contributed by atoms with van der Waals surface area (Å²) in [7, 11) is 0. The van der Waals surface area contributed by atoms with Crippen molar-refractivity contribution in [2.75, 3.05) is 6.16 Å². The number of rotatable bonds is 13. The van der Waals surface area contributed by atoms with Crippen molar-refractivity contribution in [3.63, 3.8) is 0 Å². The number of carboxylic acids is 1. The zero-order valence-electron chi connectivity index (χ0n) is 26.6. The van der Waals surface area contributed by atoms with Crippen LogP contribution in [0, 0.1) is 0 Å². The molecule has 0 aliphatic carbocycles. The topological polar surface area (TPSA) is 136 Å². The van der Waals surface area contributed by atoms with Crippen molar-refractivity contribution in [3.05, 3.63) is 163 Å². The van der Waals surface area contributed by atoms with Gasteiger partial charge in [-0.05, 0) is 0 Å². The van der Waals surface area contributed by atoms with Crippen molar-refractivity contribution in [1.82, 2.24) is 0 Å². The van der Waals surface area contributed by atoms with E-state index in [-0.39, 0.29) is 17.3 Å². The van der Waals surface area contributed by atoms with Crippen molar-refractivity contribution in [1.29, 1.82) is 0 Å². The standard InChI is InChI=1S/C39H35O9P/c1-28(40)27-49(31-21-11-4-12-22-31,32-23-13-5-14-24-32,33-25-15-6-16-26-33)48-39(45)35(47-38(44)30-19-9-3-10-20-30)34(36(41)42)46-37(43)29-17-7-2-8-18-29/h2-26,28,34-35,40H,27H2,1H3,(H,41,42)/t28?,34-,35-/m1/s1. The van der Waals surface area contributed by atoms with Crippen molar-refractivity contribution in [2.45, 2.75) is 25.2 Å². The van der Waals surface area contributed by atoms with Crippen LogP contribution < -0.4 is 15.9 Å². The molecule has 250 valence electrons. The third-order valence-corrected chi connectivity index (χ3v) is 14.0. The molecule has 0 heterocycles. The molecule has 0 aliphatic heterocycles. The molecule has 5 aromatic rings. The Hall–Kier alpha value is -5.63. The summed E-state index contributed by atoms with van der Waals surface area (Å²) in [5.74, 6) is -5.13. The van der Waals surface area contributed by atoms with E-state index in [4.69, 9.17) is 14.0 Å². The van der Waals surface area contributed by atoms with Gasteiger partial charge in [-0.25, -0.2) is 0 Å². The SMILES string of the molecule is CC(O)CP(OC(=O)[C@H](OC(=O)c1ccccc1)[C@@H](OC(=O)c1ccccc1)C(=O)O)(c1ccccc1)(c1ccccc1)c1ccccc1. The monoisotopic (exact) mass is 678 g/mol. The number of hydrogen-bond donors (Lipinski definition) is 2. The van der Waals surface area contributed by atoms with E-state index in [0.717, 1.165) is 0 Å². The molecule has 5 aromatic carbocycles. The third-order valence-electron chi connectivity index (χ3n) is 8.05. The van der Waals surface area contributed by atoms with Crippen LogP contribution in [0.1, 0.15) is 27.6 Å². The van der Waals surface area contributed by atoms with Gasteiger partial charge in [0.15, 0.2) is 0 Å². The Balaban J connectivity index is 1.74. The van der Waals surface area contributed by atoms with E-state index in [1.54, 1.807) is 134 Å². The average molecular weight is 679 g/mol. The van der Waals surface area contributed by atoms with E-state index in [1.807, 2.05) is 0 Å². The van der Waals surface area contributed by atoms with E-state index < -0.39 is 49.0 Å². The van der Waals surface area contributed by atoms with Gasteiger partial charge in [-0.15, -0.1) is 0 Å². The summed E-state index contributed by atoms with van der Waals surface area (Å²) >= 11 is 0. The predicted molar refractivity (Wildman–Crippen MR) is 187 cm³/mol. The minimum absolute atomic E-state index is 0.0156. The van der Waals surface area contributed by atoms with E-state index in [0.29, 0.717) is 15.9 Å². The molecular weight excluding hydrogens is 643 g/mol. The summed E-state index contributed by atoms with van der Waals surface area (Å²) in [6.07, 6.45) is -5.76. The van der Waals surface area contributed by atoms with E-state index in [9.17, 15) is 29.4 Å². The molecule has 5 rings (SSSR count). The first-order valence-electron chi connectivity index (χ1n) is 15.5. The first-order chi connectivity index (χ1) is 23.6. The molecule has 0 aliphatic rings. The zero-order chi connectivity index (χ0) is 34.9. The second-order valence-electron chi connectivity index (χ2n) is 11.4. The van der Waals surface area contributed by atoms with Gasteiger partial charge < -0.3 is 0 Å². The Kier molecular flexibility index (Phi) is 10.7. The molecule has 0 fully saturated rings. The van der Waals surface area contributed by atoms with Gasteiger partial charge in [0.05, 0.1) is 0 Å². The van der Waals surface area contributed by atoms with Crippen molar-refractivity contribution in [2.24, 2.45) is 0 Å². The molecule has 3 atom stereocenters. The number of hydrogen-bond acceptors (Lipinski definition) is 8. The molecule has 1 unspecified atom stereocenters. The summed E-state index contributed by atoms with van der Waals surface area (Å²) in [5, 5.41) is 23.3. The second kappa shape index (κ2) is 15.1. The molecule has 2 N–H and O–H groups in total. The predicted octanol–water partition coefficient (Wildman–Crippen LogP) is 4.89. The Morgan fingerprint density at radius 3 is 1.20 bits per heavy atom. The normalized spacial score (nSPS) is 13.8. The maximum atomic E-state index is 14.9. The summed E-state index contributed by atoms with van der Waals surface area (Å²) in [6.45, 7) is -3.07. The molecule has 0 spiro atoms. The van der Waals surface area contributed by atoms with E-state index in [1.165, 1.54) is 24.3 Å². The molecule has 0 aromatic heterocycles. The number of aliphatic carboxylic acids is 1. The van der Waals surface area contributed by atoms with Gasteiger partial charge in [0.1, 0.15) is 0 Å². The van der Waals surface area contributed by atoms with Crippen molar-refractivity contribution >= 4 is 46.6 Å². The van der Waals surface area contributed by atoms with Gasteiger partial charge in [0.25, 0.3) is 0 Å². The number of carboxylic acid groups (broad SMARTS) is 1. The molecule has 49 heavy (non-hydrogen) atoms. The summed E-state index contributed by atoms with van der Waals surface area (Å²) in [6, 6.07) is 42.0. The van der Waals surface area contributed by atoms with Crippen LogP contribution in [0.15, 0.2) is 152 Å². The molecule has 0 saturated carbocycles. The van der Waals surface area contributed by atoms with Crippen molar-refractivity contribution in [3.8, 4) is 0 Å². The van der Waals surface area contributed by atoms with Gasteiger partial charge in [0, 0.05) is 0 Å². The Morgan fingerprint density at radius 2 is 0.878 bits per heavy atom. The number of ether oxygens (including phenoxy) is 2. The Bertz CT molecular complexity index is 1790. The Labute approximate surface area is 283 Å². The molecule has 0 saturated heterocycles. The van der Waals surface area contributed by atoms with Crippen LogP contribution in [0.2, 0.25) is 0 Å². The van der Waals surface area contributed by atoms with Crippen LogP contribution in [0.5, 0.6) is 0 Å². The number of aliphatic hydroxyl groups is 1. The number of esters is 2. The number of carbonyl (C=O) groups excluding carboxylic acids is 3. The molecule has 10 heteroatoms. The van der Waals surface area contributed by atoms with Gasteiger partial charge in [-0.1, -0.05) is 0 Å². The third kappa shape index (κ3) is 7.14. The number of benzene rings is 5. The second-order valence-corrected chi connectivity index (χ2v) is 15.9. The molecule has 9 nitrogen and oxygen atoms in total. The zero-order valence-corrected chi connectivity index (χ0v) is 27.5. The molecule has 0 radical (unpaired) electrons. The maximum absolute atomic E-state index is 14.9. The van der Waals surface area contributed by atoms with Gasteiger partial charge in [0.2, 0.25) is 0 Å². The van der Waals surface area contributed by atoms with Crippen molar-refractivity contribution < 1.29 is 43.4 Å². The quantitative estimate of drug-likeness (QED) is 0.132. The van der Waals surface area contributed by atoms with Crippen LogP contribution >= 0.6 is 6.83 Å². The number of carbonyl (C=O) groups is 4. The fourth-order valence-electron chi connectivity index (χ4n) is 5.93. The first kappa shape index (κ1) is 34.7. The van der Waals surface area contributed by atoms with Crippen LogP contribution in [0.4, 0.5) is 0 Å². The van der Waals surface area contributed by atoms with Crippen LogP contribution in [-0.2, 0) is 23.6 Å². The molecule has 0 bridgehead atoms. The summed E-state index contributed by atoms with van der Waals surface area (Å²) in [4.78, 5) is 54.4. The first-order valence-corrected chi connectivity index (χ1v) is 17.8. The Morgan fingerprint density at radius 1 is 0.551 bits per heavy atom.